The number of amides is 11. The fraction of sp³-hybridized carbons (Fsp3) is 0.433. The number of rotatable bonds is 24. The largest absolute Gasteiger partial charge is 0.478 e. The number of hydrogen-bond donors (Lipinski definition) is 14. The molecule has 36 nitrogen and oxygen atoms in total. The Morgan fingerprint density at radius 1 is 0.408 bits per heavy atom. The van der Waals surface area contributed by atoms with Crippen LogP contribution in [0, 0.1) is 0 Å². The molecule has 558 valence electrons. The Kier molecular flexibility index (Phi) is 32.8. The van der Waals surface area contributed by atoms with Gasteiger partial charge in [-0.3, -0.25) is 67.5 Å². The van der Waals surface area contributed by atoms with Crippen molar-refractivity contribution in [3.05, 3.63) is 120 Å². The highest BCUT2D eigenvalue weighted by Gasteiger charge is 2.39. The maximum atomic E-state index is 12.5. The highest BCUT2D eigenvalue weighted by molar-refractivity contribution is 5.96. The van der Waals surface area contributed by atoms with Gasteiger partial charge in [0.1, 0.15) is 42.3 Å². The first kappa shape index (κ1) is 81.5. The van der Waals surface area contributed by atoms with Crippen LogP contribution >= 0.6 is 0 Å². The Balaban J connectivity index is 0.000000249. The molecule has 4 aliphatic rings. The number of nitrogens with zero attached hydrogens (tertiary/aromatic N) is 4. The first-order chi connectivity index (χ1) is 49.2. The van der Waals surface area contributed by atoms with Crippen LogP contribution in [0.2, 0.25) is 0 Å². The number of carboxylic acids is 3. The van der Waals surface area contributed by atoms with Crippen LogP contribution in [-0.4, -0.2) is 214 Å². The van der Waals surface area contributed by atoms with Crippen molar-refractivity contribution in [3.63, 3.8) is 0 Å². The van der Waals surface area contributed by atoms with Crippen molar-refractivity contribution in [1.29, 1.82) is 0 Å². The normalized spacial score (nSPS) is 17.0. The van der Waals surface area contributed by atoms with Gasteiger partial charge in [0.25, 0.3) is 23.6 Å². The fourth-order valence-electron chi connectivity index (χ4n) is 10.6. The molecule has 4 aromatic rings. The fourth-order valence-corrected chi connectivity index (χ4v) is 10.6. The molecule has 0 bridgehead atoms. The molecule has 11 amide bonds. The van der Waals surface area contributed by atoms with Crippen molar-refractivity contribution < 1.29 is 101 Å². The molecule has 0 radical (unpaired) electrons. The molecular formula is C67H89N15O21. The molecule has 4 saturated heterocycles. The van der Waals surface area contributed by atoms with Crippen LogP contribution in [0.5, 0.6) is 0 Å². The number of benzene rings is 4. The summed E-state index contributed by atoms with van der Waals surface area (Å²) in [6.45, 7) is 11.9. The number of esters is 3. The van der Waals surface area contributed by atoms with E-state index in [1.54, 1.807) is 45.0 Å². The summed E-state index contributed by atoms with van der Waals surface area (Å²) >= 11 is 0. The minimum absolute atomic E-state index is 0.00656. The Bertz CT molecular complexity index is 3610. The summed E-state index contributed by atoms with van der Waals surface area (Å²) in [6, 6.07) is 20.6. The van der Waals surface area contributed by atoms with E-state index in [1.807, 2.05) is 30.3 Å². The Morgan fingerprint density at radius 3 is 1.15 bits per heavy atom. The zero-order chi connectivity index (χ0) is 75.7. The first-order valence-corrected chi connectivity index (χ1v) is 33.1. The van der Waals surface area contributed by atoms with Crippen LogP contribution in [0.25, 0.3) is 0 Å². The maximum Gasteiger partial charge on any atom is 0.410 e. The van der Waals surface area contributed by atoms with Crippen molar-refractivity contribution in [2.45, 2.75) is 135 Å². The minimum atomic E-state index is -1.13. The second-order valence-electron chi connectivity index (χ2n) is 23.1. The minimum Gasteiger partial charge on any atom is -0.478 e. The van der Waals surface area contributed by atoms with Gasteiger partial charge in [-0.2, -0.15) is 0 Å². The van der Waals surface area contributed by atoms with Gasteiger partial charge in [-0.05, 0) is 160 Å². The van der Waals surface area contributed by atoms with Gasteiger partial charge in [0.15, 0.2) is 0 Å². The van der Waals surface area contributed by atoms with E-state index < -0.39 is 120 Å². The lowest BCUT2D eigenvalue weighted by atomic mass is 10.2. The maximum absolute atomic E-state index is 12.5. The molecule has 4 fully saturated rings. The highest BCUT2D eigenvalue weighted by Crippen LogP contribution is 2.23. The van der Waals surface area contributed by atoms with Gasteiger partial charge in [-0.1, -0.05) is 36.4 Å². The average molecular weight is 1440 g/mol. The molecule has 7 unspecified atom stereocenters. The second-order valence-corrected chi connectivity index (χ2v) is 23.1. The standard InChI is InChI=1S/3C18H24N4O6.C13H17N3O3/c1-3-28-17(26)11(2)19-18(27)22-9-5-8-14(22)15(23)21-20-13-7-4-6-12(10-13)16(24)25;1-3-28-17(26)11(2)19-18(27)22-10-4-5-14(22)15(23)21-20-13-8-6-12(7-9-13)16(24)25;1-3-28-17(26)11(2)19-18(27)22-10-6-9-14(22)15(23)21-20-13-8-5-4-7-12(13)16(24)25;1-19-13(18)16-9-5-8-11(16)12(17)15-14-10-6-3-2-4-7-10/h4,6-7,10-11,14,20H,3,5,8-9H2,1-2H3,(H,19,27)(H,21,23)(H,24,25);6-9,11,14,20H,3-5,10H2,1-2H3,(H,19,27)(H,21,23)(H,24,25);4-5,7-8,11,14,20H,3,6,9-10H2,1-2H3,(H,19,27)(H,21,23)(H,24,25);2-4,6-7,11,14H,5,8-9H2,1H3,(H,15,17). The molecule has 0 saturated carbocycles. The van der Waals surface area contributed by atoms with Gasteiger partial charge in [0.2, 0.25) is 0 Å². The Labute approximate surface area is 592 Å². The van der Waals surface area contributed by atoms with Gasteiger partial charge < -0.3 is 64.9 Å². The number of carbonyl (C=O) groups excluding carboxylic acids is 11. The quantitative estimate of drug-likeness (QED) is 0.0265. The van der Waals surface area contributed by atoms with E-state index in [4.69, 9.17) is 24.4 Å². The number of hydrazine groups is 4. The summed E-state index contributed by atoms with van der Waals surface area (Å²) < 4.78 is 19.2. The molecule has 4 heterocycles. The number of anilines is 4. The number of ether oxygens (including phenoxy) is 4. The van der Waals surface area contributed by atoms with E-state index in [0.717, 1.165) is 12.1 Å². The van der Waals surface area contributed by atoms with Crippen LogP contribution in [0.15, 0.2) is 103 Å². The van der Waals surface area contributed by atoms with E-state index in [1.165, 1.54) is 96.0 Å². The van der Waals surface area contributed by atoms with E-state index in [2.05, 4.69) is 64.1 Å². The van der Waals surface area contributed by atoms with Crippen molar-refractivity contribution in [1.82, 2.24) is 57.3 Å². The lowest BCUT2D eigenvalue weighted by Crippen LogP contribution is -2.53. The summed E-state index contributed by atoms with van der Waals surface area (Å²) in [5, 5.41) is 34.6. The molecule has 4 aliphatic heterocycles. The van der Waals surface area contributed by atoms with Crippen LogP contribution < -0.4 is 59.4 Å². The molecule has 0 spiro atoms. The summed E-state index contributed by atoms with van der Waals surface area (Å²) in [7, 11) is 1.32. The number of hydrogen-bond acceptors (Lipinski definition) is 22. The SMILES string of the molecule is CCOC(=O)C(C)NC(=O)N1CCCC1C(=O)NNc1ccc(C(=O)O)cc1.CCOC(=O)C(C)NC(=O)N1CCCC1C(=O)NNc1cccc(C(=O)O)c1.CCOC(=O)C(C)NC(=O)N1CCCC1C(=O)NNc1ccccc1C(=O)O.COC(=O)N1CCCC1C(=O)NNc1ccccc1. The first-order valence-electron chi connectivity index (χ1n) is 33.1. The second kappa shape index (κ2) is 41.4. The molecular weight excluding hydrogens is 1350 g/mol. The molecule has 0 aromatic heterocycles. The summed E-state index contributed by atoms with van der Waals surface area (Å²) in [5.74, 6) is -6.43. The number of aromatic carboxylic acids is 3. The predicted molar refractivity (Wildman–Crippen MR) is 369 cm³/mol. The van der Waals surface area contributed by atoms with Crippen LogP contribution in [0.4, 0.5) is 41.9 Å². The number of nitrogens with one attached hydrogen (secondary N) is 11. The summed E-state index contributed by atoms with van der Waals surface area (Å²) in [4.78, 5) is 172. The van der Waals surface area contributed by atoms with E-state index in [-0.39, 0.29) is 48.1 Å². The van der Waals surface area contributed by atoms with Gasteiger partial charge >= 0.3 is 60.0 Å². The topological polar surface area (TPSA) is 482 Å². The number of carbonyl (C=O) groups is 14. The number of urea groups is 3. The van der Waals surface area contributed by atoms with E-state index in [0.29, 0.717) is 82.5 Å². The highest BCUT2D eigenvalue weighted by atomic mass is 16.5. The van der Waals surface area contributed by atoms with Gasteiger partial charge in [0, 0.05) is 26.2 Å². The lowest BCUT2D eigenvalue weighted by molar-refractivity contribution is -0.145. The number of methoxy groups -OCH3 is 1. The molecule has 36 heteroatoms. The molecule has 4 aromatic carbocycles. The number of para-hydroxylation sites is 2. The molecule has 7 atom stereocenters. The monoisotopic (exact) mass is 1440 g/mol. The van der Waals surface area contributed by atoms with E-state index in [9.17, 15) is 72.2 Å². The average Bonchev–Trinajstić information content (AvgIpc) is 1.75. The summed E-state index contributed by atoms with van der Waals surface area (Å²) in [5.41, 5.74) is 23.0. The Morgan fingerprint density at radius 2 is 0.757 bits per heavy atom. The van der Waals surface area contributed by atoms with Gasteiger partial charge in [-0.15, -0.1) is 0 Å². The zero-order valence-electron chi connectivity index (χ0n) is 57.9. The third kappa shape index (κ3) is 25.2. The number of likely N-dealkylation sites (tertiary alicyclic amines) is 4. The van der Waals surface area contributed by atoms with Crippen LogP contribution in [0.1, 0.15) is 124 Å². The van der Waals surface area contributed by atoms with Crippen LogP contribution in [-0.2, 0) is 52.5 Å². The number of carboxylic acid groups (broad SMARTS) is 3. The van der Waals surface area contributed by atoms with Crippen LogP contribution in [0.3, 0.4) is 0 Å². The zero-order valence-corrected chi connectivity index (χ0v) is 57.9. The lowest BCUT2D eigenvalue weighted by Gasteiger charge is -2.26. The van der Waals surface area contributed by atoms with Crippen molar-refractivity contribution >= 4 is 106 Å². The molecule has 103 heavy (non-hydrogen) atoms. The predicted octanol–water partition coefficient (Wildman–Crippen LogP) is 4.22. The van der Waals surface area contributed by atoms with Crippen molar-refractivity contribution in [2.24, 2.45) is 0 Å². The summed E-state index contributed by atoms with van der Waals surface area (Å²) in [6.07, 6.45) is 4.35. The van der Waals surface area contributed by atoms with Crippen molar-refractivity contribution in [3.8, 4) is 0 Å². The molecule has 0 aliphatic carbocycles. The van der Waals surface area contributed by atoms with Crippen molar-refractivity contribution in [2.75, 3.05) is 74.8 Å². The van der Waals surface area contributed by atoms with E-state index >= 15 is 0 Å². The van der Waals surface area contributed by atoms with Gasteiger partial charge in [0.05, 0.1) is 66.4 Å². The molecule has 14 N–H and O–H groups in total. The third-order valence-corrected chi connectivity index (χ3v) is 15.8. The molecule has 8 rings (SSSR count). The Hall–Kier alpha value is -12.1. The van der Waals surface area contributed by atoms with Gasteiger partial charge in [-0.25, -0.2) is 47.9 Å². The third-order valence-electron chi connectivity index (χ3n) is 15.8. The smallest absolute Gasteiger partial charge is 0.410 e.